The normalized spacial score (nSPS) is 11.7. The predicted molar refractivity (Wildman–Crippen MR) is 128 cm³/mol. The van der Waals surface area contributed by atoms with E-state index in [-0.39, 0.29) is 36.4 Å². The molecular weight excluding hydrogens is 423 g/mol. The largest absolute Gasteiger partial charge is 0.353 e. The van der Waals surface area contributed by atoms with E-state index in [4.69, 9.17) is 0 Å². The second-order valence-electron chi connectivity index (χ2n) is 7.54. The van der Waals surface area contributed by atoms with Gasteiger partial charge in [0.15, 0.2) is 0 Å². The summed E-state index contributed by atoms with van der Waals surface area (Å²) in [5.41, 5.74) is 2.95. The van der Waals surface area contributed by atoms with Crippen molar-refractivity contribution in [2.24, 2.45) is 0 Å². The van der Waals surface area contributed by atoms with Crippen molar-refractivity contribution in [2.75, 3.05) is 12.3 Å². The molecular formula is C26H27FN2O2S. The Hall–Kier alpha value is -3.12. The molecule has 0 saturated carbocycles. The van der Waals surface area contributed by atoms with E-state index in [1.807, 2.05) is 60.7 Å². The molecule has 166 valence electrons. The van der Waals surface area contributed by atoms with Crippen LogP contribution in [0.15, 0.2) is 84.9 Å². The Kier molecular flexibility index (Phi) is 8.87. The fourth-order valence-electron chi connectivity index (χ4n) is 3.56. The van der Waals surface area contributed by atoms with Crippen LogP contribution in [-0.2, 0) is 16.0 Å². The summed E-state index contributed by atoms with van der Waals surface area (Å²) in [6.07, 6.45) is 0.485. The van der Waals surface area contributed by atoms with Gasteiger partial charge in [-0.1, -0.05) is 72.8 Å². The van der Waals surface area contributed by atoms with E-state index in [1.54, 1.807) is 12.1 Å². The molecule has 0 bridgehead atoms. The van der Waals surface area contributed by atoms with Gasteiger partial charge in [-0.2, -0.15) is 12.6 Å². The van der Waals surface area contributed by atoms with Crippen molar-refractivity contribution in [3.8, 4) is 0 Å². The highest BCUT2D eigenvalue weighted by molar-refractivity contribution is 7.80. The Morgan fingerprint density at radius 1 is 0.844 bits per heavy atom. The zero-order valence-corrected chi connectivity index (χ0v) is 18.6. The van der Waals surface area contributed by atoms with Gasteiger partial charge in [0.1, 0.15) is 11.9 Å². The van der Waals surface area contributed by atoms with E-state index in [0.717, 1.165) is 16.7 Å². The number of benzene rings is 3. The number of carbonyl (C=O) groups is 2. The maximum atomic E-state index is 13.3. The van der Waals surface area contributed by atoms with Crippen LogP contribution in [0.3, 0.4) is 0 Å². The fourth-order valence-corrected chi connectivity index (χ4v) is 3.76. The van der Waals surface area contributed by atoms with Crippen molar-refractivity contribution in [3.63, 3.8) is 0 Å². The van der Waals surface area contributed by atoms with Crippen LogP contribution in [0.5, 0.6) is 0 Å². The molecule has 3 rings (SSSR count). The lowest BCUT2D eigenvalue weighted by Crippen LogP contribution is -2.48. The lowest BCUT2D eigenvalue weighted by Gasteiger charge is -2.22. The molecule has 0 spiro atoms. The average molecular weight is 451 g/mol. The molecule has 3 aromatic carbocycles. The van der Waals surface area contributed by atoms with Crippen molar-refractivity contribution >= 4 is 24.4 Å². The highest BCUT2D eigenvalue weighted by Gasteiger charge is 2.23. The minimum atomic E-state index is -0.764. The van der Waals surface area contributed by atoms with E-state index in [0.29, 0.717) is 12.3 Å². The van der Waals surface area contributed by atoms with Gasteiger partial charge in [-0.25, -0.2) is 4.39 Å². The van der Waals surface area contributed by atoms with Gasteiger partial charge in [-0.3, -0.25) is 9.59 Å². The second-order valence-corrected chi connectivity index (χ2v) is 7.99. The average Bonchev–Trinajstić information content (AvgIpc) is 2.81. The summed E-state index contributed by atoms with van der Waals surface area (Å²) < 4.78 is 13.3. The quantitative estimate of drug-likeness (QED) is 0.407. The van der Waals surface area contributed by atoms with Crippen molar-refractivity contribution in [1.29, 1.82) is 0 Å². The first-order valence-electron chi connectivity index (χ1n) is 10.6. The lowest BCUT2D eigenvalue weighted by molar-refractivity contribution is -0.128. The van der Waals surface area contributed by atoms with Gasteiger partial charge in [0.25, 0.3) is 0 Å². The van der Waals surface area contributed by atoms with E-state index in [2.05, 4.69) is 23.3 Å². The third-order valence-electron chi connectivity index (χ3n) is 5.23. The molecule has 0 aliphatic carbocycles. The molecule has 32 heavy (non-hydrogen) atoms. The van der Waals surface area contributed by atoms with Gasteiger partial charge in [0.05, 0.1) is 0 Å². The number of halogens is 1. The Balaban J connectivity index is 1.75. The number of nitrogens with one attached hydrogen (secondary N) is 2. The zero-order valence-electron chi connectivity index (χ0n) is 17.7. The van der Waals surface area contributed by atoms with E-state index < -0.39 is 6.04 Å². The van der Waals surface area contributed by atoms with E-state index >= 15 is 0 Å². The first kappa shape index (κ1) is 23.5. The summed E-state index contributed by atoms with van der Waals surface area (Å²) in [5.74, 6) is -0.507. The first-order valence-corrected chi connectivity index (χ1v) is 11.2. The SMILES string of the molecule is O=C(CCS)N[C@@H](Cc1ccc(F)cc1)C(=O)NCC(c1ccccc1)c1ccccc1. The standard InChI is InChI=1S/C26H27FN2O2S/c27-22-13-11-19(12-14-22)17-24(29-25(30)15-16-32)26(31)28-18-23(20-7-3-1-4-8-20)21-9-5-2-6-10-21/h1-14,23-24,32H,15-18H2,(H,28,31)(H,29,30)/t24-/m0/s1. The molecule has 0 unspecified atom stereocenters. The van der Waals surface area contributed by atoms with Gasteiger partial charge in [0.2, 0.25) is 11.8 Å². The van der Waals surface area contributed by atoms with Gasteiger partial charge in [0, 0.05) is 25.3 Å². The van der Waals surface area contributed by atoms with Crippen LogP contribution < -0.4 is 10.6 Å². The topological polar surface area (TPSA) is 58.2 Å². The number of rotatable bonds is 10. The first-order chi connectivity index (χ1) is 15.6. The van der Waals surface area contributed by atoms with E-state index in [1.165, 1.54) is 12.1 Å². The zero-order chi connectivity index (χ0) is 22.8. The summed E-state index contributed by atoms with van der Waals surface area (Å²) in [7, 11) is 0. The Bertz CT molecular complexity index is 958. The van der Waals surface area contributed by atoms with Crippen LogP contribution in [0.2, 0.25) is 0 Å². The Morgan fingerprint density at radius 3 is 1.94 bits per heavy atom. The van der Waals surface area contributed by atoms with Crippen LogP contribution >= 0.6 is 12.6 Å². The van der Waals surface area contributed by atoms with Crippen molar-refractivity contribution in [2.45, 2.75) is 24.8 Å². The molecule has 0 aromatic heterocycles. The maximum absolute atomic E-state index is 13.3. The van der Waals surface area contributed by atoms with E-state index in [9.17, 15) is 14.0 Å². The molecule has 2 amide bonds. The predicted octanol–water partition coefficient (Wildman–Crippen LogP) is 4.12. The van der Waals surface area contributed by atoms with Crippen LogP contribution in [0.4, 0.5) is 4.39 Å². The summed E-state index contributed by atoms with van der Waals surface area (Å²) in [6.45, 7) is 0.384. The molecule has 6 heteroatoms. The minimum absolute atomic E-state index is 0.0269. The monoisotopic (exact) mass is 450 g/mol. The van der Waals surface area contributed by atoms with Crippen molar-refractivity contribution in [1.82, 2.24) is 10.6 Å². The third kappa shape index (κ3) is 6.95. The lowest BCUT2D eigenvalue weighted by atomic mass is 9.91. The number of amides is 2. The Morgan fingerprint density at radius 2 is 1.41 bits per heavy atom. The number of thiol groups is 1. The molecule has 0 saturated heterocycles. The summed E-state index contributed by atoms with van der Waals surface area (Å²) in [5, 5.41) is 5.80. The minimum Gasteiger partial charge on any atom is -0.353 e. The second kappa shape index (κ2) is 12.1. The van der Waals surface area contributed by atoms with Gasteiger partial charge in [-0.05, 0) is 34.6 Å². The summed E-state index contributed by atoms with van der Waals surface area (Å²) in [6, 6.07) is 25.1. The van der Waals surface area contributed by atoms with Gasteiger partial charge < -0.3 is 10.6 Å². The molecule has 0 radical (unpaired) electrons. The molecule has 3 aromatic rings. The van der Waals surface area contributed by atoms with Crippen LogP contribution in [0, 0.1) is 5.82 Å². The fraction of sp³-hybridized carbons (Fsp3) is 0.231. The molecule has 1 atom stereocenters. The molecule has 0 aliphatic heterocycles. The van der Waals surface area contributed by atoms with Gasteiger partial charge >= 0.3 is 0 Å². The van der Waals surface area contributed by atoms with Gasteiger partial charge in [-0.15, -0.1) is 0 Å². The molecule has 4 nitrogen and oxygen atoms in total. The van der Waals surface area contributed by atoms with Crippen LogP contribution in [0.1, 0.15) is 29.0 Å². The molecule has 0 heterocycles. The molecule has 0 fully saturated rings. The molecule has 0 aliphatic rings. The number of hydrogen-bond acceptors (Lipinski definition) is 3. The van der Waals surface area contributed by atoms with Crippen LogP contribution in [0.25, 0.3) is 0 Å². The Labute approximate surface area is 193 Å². The number of hydrogen-bond donors (Lipinski definition) is 3. The van der Waals surface area contributed by atoms with Crippen molar-refractivity contribution in [3.05, 3.63) is 107 Å². The molecule has 2 N–H and O–H groups in total. The van der Waals surface area contributed by atoms with Crippen molar-refractivity contribution < 1.29 is 14.0 Å². The smallest absolute Gasteiger partial charge is 0.242 e. The van der Waals surface area contributed by atoms with Crippen LogP contribution in [-0.4, -0.2) is 30.2 Å². The number of carbonyl (C=O) groups excluding carboxylic acids is 2. The third-order valence-corrected chi connectivity index (χ3v) is 5.45. The summed E-state index contributed by atoms with van der Waals surface area (Å²) >= 11 is 4.09. The maximum Gasteiger partial charge on any atom is 0.242 e. The summed E-state index contributed by atoms with van der Waals surface area (Å²) in [4.78, 5) is 25.3. The highest BCUT2D eigenvalue weighted by atomic mass is 32.1. The highest BCUT2D eigenvalue weighted by Crippen LogP contribution is 2.23.